The summed E-state index contributed by atoms with van der Waals surface area (Å²) in [6.07, 6.45) is 0. The lowest BCUT2D eigenvalue weighted by Crippen LogP contribution is -2.44. The molecule has 0 atom stereocenters. The quantitative estimate of drug-likeness (QED) is 0.744. The topological polar surface area (TPSA) is 70.2 Å². The van der Waals surface area contributed by atoms with Gasteiger partial charge in [0.25, 0.3) is 5.91 Å². The van der Waals surface area contributed by atoms with Gasteiger partial charge in [-0.05, 0) is 24.3 Å². The maximum Gasteiger partial charge on any atom is 0.338 e. The fourth-order valence-corrected chi connectivity index (χ4v) is 1.52. The summed E-state index contributed by atoms with van der Waals surface area (Å²) in [5, 5.41) is 2.14. The largest absolute Gasteiger partial charge is 0.338 e. The maximum atomic E-state index is 13.3. The van der Waals surface area contributed by atoms with Gasteiger partial charge >= 0.3 is 6.03 Å². The Kier molecular flexibility index (Phi) is 4.45. The highest BCUT2D eigenvalue weighted by atomic mass is 19.1. The van der Waals surface area contributed by atoms with E-state index < -0.39 is 23.6 Å². The number of hydrazine groups is 1. The van der Waals surface area contributed by atoms with Crippen molar-refractivity contribution in [1.29, 1.82) is 0 Å². The van der Waals surface area contributed by atoms with E-state index in [1.54, 1.807) is 30.3 Å². The van der Waals surface area contributed by atoms with Crippen LogP contribution in [0.5, 0.6) is 0 Å². The van der Waals surface area contributed by atoms with Crippen molar-refractivity contribution in [3.63, 3.8) is 0 Å². The Morgan fingerprint density at radius 2 is 1.62 bits per heavy atom. The number of halogens is 2. The molecule has 0 heterocycles. The lowest BCUT2D eigenvalue weighted by Gasteiger charge is -2.09. The van der Waals surface area contributed by atoms with Gasteiger partial charge in [-0.3, -0.25) is 10.2 Å². The van der Waals surface area contributed by atoms with E-state index in [-0.39, 0.29) is 5.69 Å². The Morgan fingerprint density at radius 1 is 0.905 bits per heavy atom. The molecule has 0 aromatic heterocycles. The number of hydrogen-bond acceptors (Lipinski definition) is 2. The van der Waals surface area contributed by atoms with Crippen molar-refractivity contribution in [2.75, 3.05) is 5.32 Å². The Hall–Kier alpha value is -2.96. The standard InChI is InChI=1S/C14H11F2N3O2/c15-10-6-7-12(11(16)8-10)17-14(21)19-18-13(20)9-4-2-1-3-5-9/h1-8H,(H,18,20)(H2,17,19,21). The van der Waals surface area contributed by atoms with E-state index in [1.807, 2.05) is 0 Å². The highest BCUT2D eigenvalue weighted by Crippen LogP contribution is 2.14. The van der Waals surface area contributed by atoms with Crippen molar-refractivity contribution >= 4 is 17.6 Å². The highest BCUT2D eigenvalue weighted by Gasteiger charge is 2.09. The van der Waals surface area contributed by atoms with Crippen molar-refractivity contribution in [3.8, 4) is 0 Å². The zero-order valence-corrected chi connectivity index (χ0v) is 10.7. The summed E-state index contributed by atoms with van der Waals surface area (Å²) in [7, 11) is 0. The summed E-state index contributed by atoms with van der Waals surface area (Å²) < 4.78 is 26.0. The fourth-order valence-electron chi connectivity index (χ4n) is 1.52. The van der Waals surface area contributed by atoms with Gasteiger partial charge < -0.3 is 5.32 Å². The molecule has 2 aromatic carbocycles. The van der Waals surface area contributed by atoms with E-state index in [1.165, 1.54) is 0 Å². The number of amides is 3. The molecule has 21 heavy (non-hydrogen) atoms. The second kappa shape index (κ2) is 6.47. The Balaban J connectivity index is 1.89. The van der Waals surface area contributed by atoms with Crippen molar-refractivity contribution in [1.82, 2.24) is 10.9 Å². The van der Waals surface area contributed by atoms with Crippen molar-refractivity contribution in [2.24, 2.45) is 0 Å². The number of hydrogen-bond donors (Lipinski definition) is 3. The fraction of sp³-hybridized carbons (Fsp3) is 0. The van der Waals surface area contributed by atoms with Crippen LogP contribution < -0.4 is 16.2 Å². The zero-order valence-electron chi connectivity index (χ0n) is 10.7. The van der Waals surface area contributed by atoms with Gasteiger partial charge in [0.15, 0.2) is 0 Å². The first-order valence-electron chi connectivity index (χ1n) is 5.93. The minimum absolute atomic E-state index is 0.206. The number of urea groups is 1. The summed E-state index contributed by atoms with van der Waals surface area (Å²) in [6, 6.07) is 10.1. The lowest BCUT2D eigenvalue weighted by atomic mass is 10.2. The summed E-state index contributed by atoms with van der Waals surface area (Å²) in [5.74, 6) is -2.19. The average molecular weight is 291 g/mol. The Bertz CT molecular complexity index is 663. The van der Waals surface area contributed by atoms with Gasteiger partial charge in [-0.1, -0.05) is 18.2 Å². The molecule has 0 radical (unpaired) electrons. The van der Waals surface area contributed by atoms with Crippen molar-refractivity contribution < 1.29 is 18.4 Å². The minimum atomic E-state index is -0.917. The van der Waals surface area contributed by atoms with Crippen molar-refractivity contribution in [3.05, 3.63) is 65.7 Å². The number of anilines is 1. The van der Waals surface area contributed by atoms with Crippen LogP contribution in [-0.2, 0) is 0 Å². The average Bonchev–Trinajstić information content (AvgIpc) is 2.48. The van der Waals surface area contributed by atoms with Crippen LogP contribution in [-0.4, -0.2) is 11.9 Å². The Labute approximate surface area is 118 Å². The van der Waals surface area contributed by atoms with Gasteiger partial charge in [-0.2, -0.15) is 0 Å². The van der Waals surface area contributed by atoms with Gasteiger partial charge in [0.05, 0.1) is 5.69 Å². The van der Waals surface area contributed by atoms with Gasteiger partial charge in [0, 0.05) is 11.6 Å². The van der Waals surface area contributed by atoms with Crippen LogP contribution in [0.3, 0.4) is 0 Å². The molecular formula is C14H11F2N3O2. The van der Waals surface area contributed by atoms with E-state index in [0.717, 1.165) is 12.1 Å². The molecule has 2 rings (SSSR count). The van der Waals surface area contributed by atoms with Crippen LogP contribution in [0.4, 0.5) is 19.3 Å². The molecule has 0 bridgehead atoms. The van der Waals surface area contributed by atoms with Crippen LogP contribution >= 0.6 is 0 Å². The normalized spacial score (nSPS) is 9.81. The summed E-state index contributed by atoms with van der Waals surface area (Å²) in [6.45, 7) is 0. The first kappa shape index (κ1) is 14.4. The molecule has 7 heteroatoms. The Morgan fingerprint density at radius 3 is 2.29 bits per heavy atom. The monoisotopic (exact) mass is 291 g/mol. The summed E-state index contributed by atoms with van der Waals surface area (Å²) in [4.78, 5) is 23.1. The molecule has 2 aromatic rings. The molecule has 108 valence electrons. The van der Waals surface area contributed by atoms with Gasteiger partial charge in [0.1, 0.15) is 11.6 Å². The summed E-state index contributed by atoms with van der Waals surface area (Å²) in [5.41, 5.74) is 4.36. The molecule has 5 nitrogen and oxygen atoms in total. The van der Waals surface area contributed by atoms with E-state index >= 15 is 0 Å². The number of benzene rings is 2. The third-order valence-corrected chi connectivity index (χ3v) is 2.50. The molecule has 0 spiro atoms. The van der Waals surface area contributed by atoms with E-state index in [9.17, 15) is 18.4 Å². The molecular weight excluding hydrogens is 280 g/mol. The number of nitrogens with one attached hydrogen (secondary N) is 3. The van der Waals surface area contributed by atoms with Crippen molar-refractivity contribution in [2.45, 2.75) is 0 Å². The zero-order chi connectivity index (χ0) is 15.2. The number of carbonyl (C=O) groups excluding carboxylic acids is 2. The van der Waals surface area contributed by atoms with E-state index in [4.69, 9.17) is 0 Å². The first-order valence-corrected chi connectivity index (χ1v) is 5.93. The first-order chi connectivity index (χ1) is 10.1. The molecule has 0 saturated heterocycles. The number of rotatable bonds is 2. The van der Waals surface area contributed by atoms with Crippen LogP contribution in [0, 0.1) is 11.6 Å². The minimum Gasteiger partial charge on any atom is -0.304 e. The molecule has 0 aliphatic heterocycles. The SMILES string of the molecule is O=C(NNC(=O)c1ccccc1)Nc1ccc(F)cc1F. The van der Waals surface area contributed by atoms with Crippen LogP contribution in [0.25, 0.3) is 0 Å². The van der Waals surface area contributed by atoms with E-state index in [2.05, 4.69) is 16.2 Å². The molecule has 3 N–H and O–H groups in total. The molecule has 0 unspecified atom stereocenters. The van der Waals surface area contributed by atoms with Crippen LogP contribution in [0.2, 0.25) is 0 Å². The van der Waals surface area contributed by atoms with Gasteiger partial charge in [-0.25, -0.2) is 19.0 Å². The molecule has 0 aliphatic carbocycles. The maximum absolute atomic E-state index is 13.3. The predicted molar refractivity (Wildman–Crippen MR) is 72.4 cm³/mol. The highest BCUT2D eigenvalue weighted by molar-refractivity contribution is 5.97. The predicted octanol–water partition coefficient (Wildman–Crippen LogP) is 2.43. The van der Waals surface area contributed by atoms with Crippen LogP contribution in [0.15, 0.2) is 48.5 Å². The number of carbonyl (C=O) groups is 2. The third kappa shape index (κ3) is 4.00. The third-order valence-electron chi connectivity index (χ3n) is 2.50. The van der Waals surface area contributed by atoms with Gasteiger partial charge in [-0.15, -0.1) is 0 Å². The molecule has 0 aliphatic rings. The molecule has 3 amide bonds. The van der Waals surface area contributed by atoms with Gasteiger partial charge in [0.2, 0.25) is 0 Å². The summed E-state index contributed by atoms with van der Waals surface area (Å²) >= 11 is 0. The lowest BCUT2D eigenvalue weighted by molar-refractivity contribution is 0.0938. The second-order valence-electron chi connectivity index (χ2n) is 4.02. The molecule has 0 fully saturated rings. The smallest absolute Gasteiger partial charge is 0.304 e. The molecule has 0 saturated carbocycles. The van der Waals surface area contributed by atoms with Crippen LogP contribution in [0.1, 0.15) is 10.4 Å². The second-order valence-corrected chi connectivity index (χ2v) is 4.02. The van der Waals surface area contributed by atoms with E-state index in [0.29, 0.717) is 11.6 Å².